The number of carbonyl (C=O) groups excluding carboxylic acids is 1. The number of phenolic OH excluding ortho intramolecular Hbond substituents is 1. The molecule has 0 aliphatic carbocycles. The Kier molecular flexibility index (Phi) is 6.87. The predicted octanol–water partition coefficient (Wildman–Crippen LogP) is 5.32. The normalized spacial score (nSPS) is 15.1. The molecule has 1 aliphatic rings. The van der Waals surface area contributed by atoms with E-state index in [9.17, 15) is 9.90 Å². The monoisotopic (exact) mass is 449 g/mol. The Hall–Kier alpha value is -3.48. The molecule has 2 aromatic carbocycles. The van der Waals surface area contributed by atoms with Crippen LogP contribution in [0, 0.1) is 0 Å². The molecule has 1 atom stereocenters. The summed E-state index contributed by atoms with van der Waals surface area (Å²) in [6.07, 6.45) is 3.03. The van der Waals surface area contributed by atoms with E-state index in [2.05, 4.69) is 17.1 Å². The molecule has 33 heavy (non-hydrogen) atoms. The van der Waals surface area contributed by atoms with Gasteiger partial charge in [0.1, 0.15) is 17.1 Å². The maximum absolute atomic E-state index is 13.4. The van der Waals surface area contributed by atoms with Crippen molar-refractivity contribution in [3.05, 3.63) is 59.3 Å². The number of ether oxygens (including phenoxy) is 2. The van der Waals surface area contributed by atoms with E-state index in [1.807, 2.05) is 49.1 Å². The highest BCUT2D eigenvalue weighted by atomic mass is 16.5. The van der Waals surface area contributed by atoms with Crippen LogP contribution in [-0.2, 0) is 0 Å². The first-order valence-corrected chi connectivity index (χ1v) is 11.7. The van der Waals surface area contributed by atoms with Crippen molar-refractivity contribution >= 4 is 5.91 Å². The Balaban J connectivity index is 1.84. The van der Waals surface area contributed by atoms with Crippen LogP contribution in [0.4, 0.5) is 0 Å². The Morgan fingerprint density at radius 2 is 1.79 bits per heavy atom. The molecule has 1 unspecified atom stereocenters. The summed E-state index contributed by atoms with van der Waals surface area (Å²) >= 11 is 0. The first-order valence-electron chi connectivity index (χ1n) is 11.7. The fourth-order valence-electron chi connectivity index (χ4n) is 4.42. The molecule has 0 fully saturated rings. The maximum atomic E-state index is 13.4. The van der Waals surface area contributed by atoms with Crippen molar-refractivity contribution in [2.24, 2.45) is 0 Å². The number of aromatic nitrogens is 2. The van der Waals surface area contributed by atoms with Gasteiger partial charge in [0.05, 0.1) is 19.3 Å². The van der Waals surface area contributed by atoms with Crippen LogP contribution in [0.3, 0.4) is 0 Å². The second-order valence-corrected chi connectivity index (χ2v) is 8.06. The lowest BCUT2D eigenvalue weighted by molar-refractivity contribution is 0.0740. The zero-order chi connectivity index (χ0) is 23.4. The summed E-state index contributed by atoms with van der Waals surface area (Å²) in [4.78, 5) is 15.3. The Bertz CT molecular complexity index is 1120. The van der Waals surface area contributed by atoms with Gasteiger partial charge in [0.2, 0.25) is 0 Å². The van der Waals surface area contributed by atoms with Gasteiger partial charge in [-0.05, 0) is 50.1 Å². The molecule has 174 valence electrons. The minimum Gasteiger partial charge on any atom is -0.507 e. The number of hydrogen-bond acceptors (Lipinski definition) is 5. The van der Waals surface area contributed by atoms with E-state index >= 15 is 0 Å². The Morgan fingerprint density at radius 3 is 2.52 bits per heavy atom. The van der Waals surface area contributed by atoms with Crippen molar-refractivity contribution in [3.63, 3.8) is 0 Å². The molecular weight excluding hydrogens is 418 g/mol. The summed E-state index contributed by atoms with van der Waals surface area (Å²) in [5.41, 5.74) is 3.36. The van der Waals surface area contributed by atoms with E-state index < -0.39 is 0 Å². The number of nitrogens with one attached hydrogen (secondary N) is 1. The minimum atomic E-state index is -0.340. The van der Waals surface area contributed by atoms with Crippen molar-refractivity contribution in [1.29, 1.82) is 0 Å². The fourth-order valence-corrected chi connectivity index (χ4v) is 4.42. The van der Waals surface area contributed by atoms with E-state index in [1.165, 1.54) is 0 Å². The first-order chi connectivity index (χ1) is 16.1. The van der Waals surface area contributed by atoms with Crippen LogP contribution in [0.15, 0.2) is 42.5 Å². The molecule has 7 heteroatoms. The van der Waals surface area contributed by atoms with Gasteiger partial charge in [0, 0.05) is 17.7 Å². The van der Waals surface area contributed by atoms with Crippen LogP contribution in [-0.4, -0.2) is 45.9 Å². The van der Waals surface area contributed by atoms with E-state index in [0.29, 0.717) is 48.2 Å². The quantitative estimate of drug-likeness (QED) is 0.409. The molecular formula is C26H31N3O4. The first kappa shape index (κ1) is 22.7. The van der Waals surface area contributed by atoms with Crippen molar-refractivity contribution in [1.82, 2.24) is 15.1 Å². The summed E-state index contributed by atoms with van der Waals surface area (Å²) in [6.45, 7) is 7.69. The highest BCUT2D eigenvalue weighted by Gasteiger charge is 2.42. The van der Waals surface area contributed by atoms with Crippen molar-refractivity contribution in [2.45, 2.75) is 46.1 Å². The van der Waals surface area contributed by atoms with Gasteiger partial charge in [-0.25, -0.2) is 0 Å². The van der Waals surface area contributed by atoms with E-state index in [4.69, 9.17) is 9.47 Å². The largest absolute Gasteiger partial charge is 0.507 e. The number of phenols is 1. The molecule has 1 amide bonds. The molecule has 3 aromatic rings. The van der Waals surface area contributed by atoms with Crippen LogP contribution < -0.4 is 9.47 Å². The highest BCUT2D eigenvalue weighted by molar-refractivity contribution is 6.00. The van der Waals surface area contributed by atoms with Crippen LogP contribution in [0.5, 0.6) is 17.2 Å². The smallest absolute Gasteiger partial charge is 0.273 e. The molecule has 2 heterocycles. The van der Waals surface area contributed by atoms with Gasteiger partial charge in [-0.15, -0.1) is 0 Å². The van der Waals surface area contributed by atoms with E-state index in [1.54, 1.807) is 12.1 Å². The maximum Gasteiger partial charge on any atom is 0.273 e. The highest BCUT2D eigenvalue weighted by Crippen LogP contribution is 2.46. The third kappa shape index (κ3) is 4.27. The third-order valence-electron chi connectivity index (χ3n) is 5.91. The van der Waals surface area contributed by atoms with Gasteiger partial charge in [-0.3, -0.25) is 9.89 Å². The Labute approximate surface area is 194 Å². The number of hydrogen-bond donors (Lipinski definition) is 2. The molecule has 0 spiro atoms. The molecule has 2 N–H and O–H groups in total. The van der Waals surface area contributed by atoms with Crippen LogP contribution >= 0.6 is 0 Å². The van der Waals surface area contributed by atoms with Gasteiger partial charge in [0.25, 0.3) is 5.91 Å². The number of aromatic hydroxyl groups is 1. The van der Waals surface area contributed by atoms with Gasteiger partial charge in [-0.1, -0.05) is 38.0 Å². The van der Waals surface area contributed by atoms with Gasteiger partial charge in [0.15, 0.2) is 11.5 Å². The zero-order valence-corrected chi connectivity index (χ0v) is 19.4. The molecule has 0 saturated carbocycles. The lowest BCUT2D eigenvalue weighted by Crippen LogP contribution is -2.30. The van der Waals surface area contributed by atoms with Gasteiger partial charge >= 0.3 is 0 Å². The standard InChI is InChI=1S/C26H31N3O4/c1-4-7-10-15-29-25(17-13-14-20(32-5-2)21(16-17)33-6-3)22-23(27-28-24(22)26(29)31)18-11-8-9-12-19(18)30/h8-9,11-14,16,25,30H,4-7,10,15H2,1-3H3,(H,27,28). The van der Waals surface area contributed by atoms with Crippen LogP contribution in [0.1, 0.15) is 67.7 Å². The van der Waals surface area contributed by atoms with Crippen molar-refractivity contribution < 1.29 is 19.4 Å². The number of carbonyl (C=O) groups is 1. The lowest BCUT2D eigenvalue weighted by atomic mass is 9.95. The topological polar surface area (TPSA) is 87.7 Å². The number of unbranched alkanes of at least 4 members (excludes halogenated alkanes) is 2. The number of H-pyrrole nitrogens is 1. The molecule has 0 radical (unpaired) electrons. The van der Waals surface area contributed by atoms with Crippen molar-refractivity contribution in [3.8, 4) is 28.5 Å². The lowest BCUT2D eigenvalue weighted by Gasteiger charge is -2.27. The number of para-hydroxylation sites is 1. The SMILES string of the molecule is CCCCCN1C(=O)c2[nH]nc(-c3ccccc3O)c2C1c1ccc(OCC)c(OCC)c1. The molecule has 1 aromatic heterocycles. The van der Waals surface area contributed by atoms with E-state index in [0.717, 1.165) is 30.4 Å². The van der Waals surface area contributed by atoms with Crippen LogP contribution in [0.2, 0.25) is 0 Å². The average molecular weight is 450 g/mol. The molecule has 7 nitrogen and oxygen atoms in total. The third-order valence-corrected chi connectivity index (χ3v) is 5.91. The second kappa shape index (κ2) is 9.98. The van der Waals surface area contributed by atoms with Gasteiger partial charge in [-0.2, -0.15) is 5.10 Å². The minimum absolute atomic E-state index is 0.0767. The van der Waals surface area contributed by atoms with E-state index in [-0.39, 0.29) is 17.7 Å². The summed E-state index contributed by atoms with van der Waals surface area (Å²) in [5, 5.41) is 17.9. The number of benzene rings is 2. The number of fused-ring (bicyclic) bond motifs is 1. The Morgan fingerprint density at radius 1 is 1.03 bits per heavy atom. The number of rotatable bonds is 10. The summed E-state index contributed by atoms with van der Waals surface area (Å²) in [7, 11) is 0. The van der Waals surface area contributed by atoms with Gasteiger partial charge < -0.3 is 19.5 Å². The zero-order valence-electron chi connectivity index (χ0n) is 19.4. The summed E-state index contributed by atoms with van der Waals surface area (Å²) < 4.78 is 11.6. The molecule has 0 saturated heterocycles. The molecule has 1 aliphatic heterocycles. The number of aromatic amines is 1. The number of nitrogens with zero attached hydrogens (tertiary/aromatic N) is 2. The number of amides is 1. The fraction of sp³-hybridized carbons (Fsp3) is 0.385. The molecule has 4 rings (SSSR count). The average Bonchev–Trinajstić information content (AvgIpc) is 3.35. The second-order valence-electron chi connectivity index (χ2n) is 8.06. The summed E-state index contributed by atoms with van der Waals surface area (Å²) in [5.74, 6) is 1.38. The predicted molar refractivity (Wildman–Crippen MR) is 127 cm³/mol. The van der Waals surface area contributed by atoms with Crippen molar-refractivity contribution in [2.75, 3.05) is 19.8 Å². The van der Waals surface area contributed by atoms with Crippen LogP contribution in [0.25, 0.3) is 11.3 Å². The summed E-state index contributed by atoms with van der Waals surface area (Å²) in [6, 6.07) is 12.6. The molecule has 0 bridgehead atoms.